The molecular formula is C12H17NO2. The summed E-state index contributed by atoms with van der Waals surface area (Å²) in [6.45, 7) is 1.06. The van der Waals surface area contributed by atoms with Crippen molar-refractivity contribution in [1.82, 2.24) is 5.32 Å². The van der Waals surface area contributed by atoms with Crippen molar-refractivity contribution in [3.05, 3.63) is 23.8 Å². The Kier molecular flexibility index (Phi) is 2.82. The summed E-state index contributed by atoms with van der Waals surface area (Å²) in [5.74, 6) is 2.16. The maximum absolute atomic E-state index is 9.47. The zero-order valence-electron chi connectivity index (χ0n) is 9.16. The minimum atomic E-state index is 0.215. The molecule has 1 saturated carbocycles. The lowest BCUT2D eigenvalue weighted by molar-refractivity contribution is 0.373. The van der Waals surface area contributed by atoms with Crippen LogP contribution in [-0.2, 0) is 0 Å². The van der Waals surface area contributed by atoms with Crippen LogP contribution in [0, 0.1) is 5.92 Å². The van der Waals surface area contributed by atoms with E-state index in [-0.39, 0.29) is 5.75 Å². The topological polar surface area (TPSA) is 41.5 Å². The lowest BCUT2D eigenvalue weighted by Crippen LogP contribution is -2.10. The standard InChI is InChI=1S/C12H17NO2/c1-13-7-9-5-10(9)8-3-4-11(14)12(6-8)15-2/h3-4,6,9-10,13-14H,5,7H2,1-2H3. The first-order chi connectivity index (χ1) is 7.26. The molecule has 0 aromatic heterocycles. The van der Waals surface area contributed by atoms with Crippen LogP contribution in [-0.4, -0.2) is 25.8 Å². The van der Waals surface area contributed by atoms with Gasteiger partial charge in [0.2, 0.25) is 0 Å². The van der Waals surface area contributed by atoms with Gasteiger partial charge in [-0.2, -0.15) is 0 Å². The number of rotatable bonds is 4. The summed E-state index contributed by atoms with van der Waals surface area (Å²) in [7, 11) is 3.56. The summed E-state index contributed by atoms with van der Waals surface area (Å²) in [6.07, 6.45) is 1.23. The van der Waals surface area contributed by atoms with Gasteiger partial charge in [0.1, 0.15) is 0 Å². The van der Waals surface area contributed by atoms with E-state index in [0.717, 1.165) is 12.5 Å². The third-order valence-electron chi connectivity index (χ3n) is 3.02. The highest BCUT2D eigenvalue weighted by molar-refractivity contribution is 5.44. The van der Waals surface area contributed by atoms with E-state index in [1.807, 2.05) is 19.2 Å². The Labute approximate surface area is 90.1 Å². The van der Waals surface area contributed by atoms with Crippen LogP contribution in [0.15, 0.2) is 18.2 Å². The normalized spacial score (nSPS) is 23.9. The highest BCUT2D eigenvalue weighted by Crippen LogP contribution is 2.48. The molecule has 0 bridgehead atoms. The van der Waals surface area contributed by atoms with Gasteiger partial charge >= 0.3 is 0 Å². The van der Waals surface area contributed by atoms with Crippen LogP contribution >= 0.6 is 0 Å². The molecule has 1 aliphatic rings. The van der Waals surface area contributed by atoms with Crippen LogP contribution in [0.4, 0.5) is 0 Å². The first kappa shape index (κ1) is 10.3. The molecule has 3 heteroatoms. The Bertz CT molecular complexity index is 351. The molecule has 1 fully saturated rings. The van der Waals surface area contributed by atoms with E-state index in [0.29, 0.717) is 11.7 Å². The first-order valence-corrected chi connectivity index (χ1v) is 5.27. The quantitative estimate of drug-likeness (QED) is 0.790. The van der Waals surface area contributed by atoms with Gasteiger partial charge in [-0.05, 0) is 49.5 Å². The summed E-state index contributed by atoms with van der Waals surface area (Å²) in [5, 5.41) is 12.7. The van der Waals surface area contributed by atoms with Crippen molar-refractivity contribution in [3.63, 3.8) is 0 Å². The summed E-state index contributed by atoms with van der Waals surface area (Å²) >= 11 is 0. The summed E-state index contributed by atoms with van der Waals surface area (Å²) < 4.78 is 5.09. The third-order valence-corrected chi connectivity index (χ3v) is 3.02. The van der Waals surface area contributed by atoms with Crippen LogP contribution in [0.25, 0.3) is 0 Å². The lowest BCUT2D eigenvalue weighted by Gasteiger charge is -2.06. The Morgan fingerprint density at radius 3 is 3.00 bits per heavy atom. The van der Waals surface area contributed by atoms with Crippen molar-refractivity contribution >= 4 is 0 Å². The van der Waals surface area contributed by atoms with Crippen LogP contribution in [0.2, 0.25) is 0 Å². The molecule has 0 amide bonds. The fourth-order valence-corrected chi connectivity index (χ4v) is 2.07. The summed E-state index contributed by atoms with van der Waals surface area (Å²) in [4.78, 5) is 0. The molecule has 82 valence electrons. The number of hydrogen-bond acceptors (Lipinski definition) is 3. The van der Waals surface area contributed by atoms with Gasteiger partial charge in [-0.25, -0.2) is 0 Å². The Balaban J connectivity index is 2.10. The van der Waals surface area contributed by atoms with Crippen LogP contribution in [0.5, 0.6) is 11.5 Å². The number of phenols is 1. The largest absolute Gasteiger partial charge is 0.504 e. The highest BCUT2D eigenvalue weighted by Gasteiger charge is 2.37. The fourth-order valence-electron chi connectivity index (χ4n) is 2.07. The minimum absolute atomic E-state index is 0.215. The number of methoxy groups -OCH3 is 1. The fraction of sp³-hybridized carbons (Fsp3) is 0.500. The van der Waals surface area contributed by atoms with Crippen LogP contribution in [0.3, 0.4) is 0 Å². The molecule has 0 radical (unpaired) electrons. The van der Waals surface area contributed by atoms with Crippen molar-refractivity contribution in [1.29, 1.82) is 0 Å². The molecule has 0 heterocycles. The van der Waals surface area contributed by atoms with E-state index in [1.165, 1.54) is 12.0 Å². The van der Waals surface area contributed by atoms with E-state index in [9.17, 15) is 5.11 Å². The van der Waals surface area contributed by atoms with Gasteiger partial charge in [0.15, 0.2) is 11.5 Å². The molecule has 0 saturated heterocycles. The molecule has 0 aliphatic heterocycles. The monoisotopic (exact) mass is 207 g/mol. The number of aromatic hydroxyl groups is 1. The van der Waals surface area contributed by atoms with E-state index >= 15 is 0 Å². The van der Waals surface area contributed by atoms with E-state index in [2.05, 4.69) is 5.32 Å². The number of hydrogen-bond donors (Lipinski definition) is 2. The predicted octanol–water partition coefficient (Wildman–Crippen LogP) is 1.72. The van der Waals surface area contributed by atoms with E-state index in [1.54, 1.807) is 13.2 Å². The molecule has 1 aliphatic carbocycles. The maximum atomic E-state index is 9.47. The van der Waals surface area contributed by atoms with E-state index in [4.69, 9.17) is 4.74 Å². The molecule has 0 spiro atoms. The summed E-state index contributed by atoms with van der Waals surface area (Å²) in [5.41, 5.74) is 1.27. The number of benzene rings is 1. The molecule has 2 unspecified atom stereocenters. The molecule has 3 nitrogen and oxygen atoms in total. The summed E-state index contributed by atoms with van der Waals surface area (Å²) in [6, 6.07) is 5.64. The van der Waals surface area contributed by atoms with Crippen molar-refractivity contribution in [2.75, 3.05) is 20.7 Å². The first-order valence-electron chi connectivity index (χ1n) is 5.27. The molecule has 2 atom stereocenters. The van der Waals surface area contributed by atoms with Gasteiger partial charge < -0.3 is 15.2 Å². The van der Waals surface area contributed by atoms with Gasteiger partial charge in [-0.15, -0.1) is 0 Å². The average Bonchev–Trinajstić information content (AvgIpc) is 2.99. The van der Waals surface area contributed by atoms with Crippen molar-refractivity contribution in [3.8, 4) is 11.5 Å². The molecule has 15 heavy (non-hydrogen) atoms. The van der Waals surface area contributed by atoms with Crippen LogP contribution in [0.1, 0.15) is 17.9 Å². The maximum Gasteiger partial charge on any atom is 0.160 e. The predicted molar refractivity (Wildman–Crippen MR) is 59.4 cm³/mol. The second-order valence-electron chi connectivity index (χ2n) is 4.09. The Hall–Kier alpha value is -1.22. The van der Waals surface area contributed by atoms with E-state index < -0.39 is 0 Å². The van der Waals surface area contributed by atoms with Crippen molar-refractivity contribution in [2.45, 2.75) is 12.3 Å². The zero-order valence-corrected chi connectivity index (χ0v) is 9.16. The SMILES string of the molecule is CNCC1CC1c1ccc(O)c(OC)c1. The zero-order chi connectivity index (χ0) is 10.8. The number of ether oxygens (including phenoxy) is 1. The number of nitrogens with one attached hydrogen (secondary N) is 1. The Morgan fingerprint density at radius 1 is 1.53 bits per heavy atom. The van der Waals surface area contributed by atoms with Gasteiger partial charge in [-0.1, -0.05) is 6.07 Å². The van der Waals surface area contributed by atoms with Crippen molar-refractivity contribution < 1.29 is 9.84 Å². The molecule has 2 rings (SSSR count). The molecule has 1 aromatic rings. The average molecular weight is 207 g/mol. The smallest absolute Gasteiger partial charge is 0.160 e. The third kappa shape index (κ3) is 2.07. The molecule has 2 N–H and O–H groups in total. The van der Waals surface area contributed by atoms with Gasteiger partial charge in [-0.3, -0.25) is 0 Å². The second-order valence-corrected chi connectivity index (χ2v) is 4.09. The molecule has 1 aromatic carbocycles. The lowest BCUT2D eigenvalue weighted by atomic mass is 10.1. The van der Waals surface area contributed by atoms with Gasteiger partial charge in [0.05, 0.1) is 7.11 Å². The van der Waals surface area contributed by atoms with Gasteiger partial charge in [0.25, 0.3) is 0 Å². The van der Waals surface area contributed by atoms with Crippen molar-refractivity contribution in [2.24, 2.45) is 5.92 Å². The minimum Gasteiger partial charge on any atom is -0.504 e. The Morgan fingerprint density at radius 2 is 2.33 bits per heavy atom. The second kappa shape index (κ2) is 4.11. The van der Waals surface area contributed by atoms with Crippen LogP contribution < -0.4 is 10.1 Å². The molecular weight excluding hydrogens is 190 g/mol. The number of phenolic OH excluding ortho intramolecular Hbond substituents is 1. The van der Waals surface area contributed by atoms with Gasteiger partial charge in [0, 0.05) is 0 Å². The highest BCUT2D eigenvalue weighted by atomic mass is 16.5.